The van der Waals surface area contributed by atoms with Crippen LogP contribution in [0.1, 0.15) is 23.2 Å². The number of hydrogen-bond acceptors (Lipinski definition) is 4. The molecule has 1 fully saturated rings. The summed E-state index contributed by atoms with van der Waals surface area (Å²) < 4.78 is 10.4. The Morgan fingerprint density at radius 2 is 1.95 bits per heavy atom. The molecule has 108 valence electrons. The highest BCUT2D eigenvalue weighted by Gasteiger charge is 2.20. The number of amides is 2. The van der Waals surface area contributed by atoms with Crippen LogP contribution in [-0.2, 0) is 4.79 Å². The lowest BCUT2D eigenvalue weighted by Crippen LogP contribution is -2.27. The average Bonchev–Trinajstić information content (AvgIpc) is 2.98. The van der Waals surface area contributed by atoms with Gasteiger partial charge in [0.2, 0.25) is 0 Å². The lowest BCUT2D eigenvalue weighted by molar-refractivity contribution is -0.119. The van der Waals surface area contributed by atoms with Crippen molar-refractivity contribution in [1.29, 1.82) is 0 Å². The third kappa shape index (κ3) is 3.20. The van der Waals surface area contributed by atoms with E-state index in [1.54, 1.807) is 18.2 Å². The second-order valence-corrected chi connectivity index (χ2v) is 4.62. The van der Waals surface area contributed by atoms with Crippen molar-refractivity contribution in [1.82, 2.24) is 4.90 Å². The first kappa shape index (κ1) is 14.2. The van der Waals surface area contributed by atoms with E-state index in [1.807, 2.05) is 4.90 Å². The van der Waals surface area contributed by atoms with Crippen molar-refractivity contribution in [3.8, 4) is 11.5 Å². The number of ether oxygens (including phenoxy) is 2. The van der Waals surface area contributed by atoms with Crippen LogP contribution in [0.4, 0.5) is 0 Å². The summed E-state index contributed by atoms with van der Waals surface area (Å²) in [6.07, 6.45) is 2.09. The fourth-order valence-electron chi connectivity index (χ4n) is 2.17. The number of carbonyl (C=O) groups is 2. The van der Waals surface area contributed by atoms with Gasteiger partial charge in [-0.3, -0.25) is 9.59 Å². The van der Waals surface area contributed by atoms with Crippen LogP contribution in [0.25, 0.3) is 0 Å². The van der Waals surface area contributed by atoms with E-state index in [4.69, 9.17) is 15.2 Å². The van der Waals surface area contributed by atoms with Gasteiger partial charge in [0.15, 0.2) is 18.1 Å². The van der Waals surface area contributed by atoms with Crippen LogP contribution in [0.15, 0.2) is 18.2 Å². The number of likely N-dealkylation sites (tertiary alicyclic amines) is 1. The predicted octanol–water partition coefficient (Wildman–Crippen LogP) is 0.795. The summed E-state index contributed by atoms with van der Waals surface area (Å²) in [5.41, 5.74) is 5.58. The topological polar surface area (TPSA) is 81.9 Å². The zero-order valence-corrected chi connectivity index (χ0v) is 11.4. The van der Waals surface area contributed by atoms with Crippen LogP contribution in [0.5, 0.6) is 11.5 Å². The molecule has 0 spiro atoms. The van der Waals surface area contributed by atoms with Crippen LogP contribution in [0.3, 0.4) is 0 Å². The zero-order chi connectivity index (χ0) is 14.5. The molecule has 0 bridgehead atoms. The minimum Gasteiger partial charge on any atom is -0.493 e. The van der Waals surface area contributed by atoms with E-state index in [0.29, 0.717) is 17.1 Å². The molecule has 1 aliphatic heterocycles. The fraction of sp³-hybridized carbons (Fsp3) is 0.429. The smallest absolute Gasteiger partial charge is 0.255 e. The molecule has 0 aliphatic carbocycles. The molecular formula is C14H18N2O4. The van der Waals surface area contributed by atoms with Crippen LogP contribution in [0.2, 0.25) is 0 Å². The van der Waals surface area contributed by atoms with Crippen LogP contribution in [0, 0.1) is 0 Å². The largest absolute Gasteiger partial charge is 0.493 e. The van der Waals surface area contributed by atoms with Gasteiger partial charge in [0.25, 0.3) is 11.8 Å². The molecule has 1 heterocycles. The third-order valence-electron chi connectivity index (χ3n) is 3.17. The SMILES string of the molecule is COc1cc(C(=O)N2CCCC2)ccc1OCC(N)=O. The van der Waals surface area contributed by atoms with E-state index in [9.17, 15) is 9.59 Å². The van der Waals surface area contributed by atoms with Gasteiger partial charge in [-0.25, -0.2) is 0 Å². The summed E-state index contributed by atoms with van der Waals surface area (Å²) >= 11 is 0. The maximum atomic E-state index is 12.2. The first-order valence-electron chi connectivity index (χ1n) is 6.50. The molecule has 6 heteroatoms. The van der Waals surface area contributed by atoms with Crippen molar-refractivity contribution < 1.29 is 19.1 Å². The van der Waals surface area contributed by atoms with E-state index in [1.165, 1.54) is 7.11 Å². The number of carbonyl (C=O) groups excluding carboxylic acids is 2. The van der Waals surface area contributed by atoms with Gasteiger partial charge < -0.3 is 20.1 Å². The van der Waals surface area contributed by atoms with E-state index < -0.39 is 5.91 Å². The summed E-state index contributed by atoms with van der Waals surface area (Å²) in [4.78, 5) is 24.8. The Morgan fingerprint density at radius 1 is 1.25 bits per heavy atom. The molecule has 1 saturated heterocycles. The highest BCUT2D eigenvalue weighted by molar-refractivity contribution is 5.95. The highest BCUT2D eigenvalue weighted by Crippen LogP contribution is 2.29. The second kappa shape index (κ2) is 6.27. The monoisotopic (exact) mass is 278 g/mol. The number of primary amides is 1. The van der Waals surface area contributed by atoms with Crippen molar-refractivity contribution >= 4 is 11.8 Å². The molecule has 1 aromatic rings. The van der Waals surface area contributed by atoms with Gasteiger partial charge in [-0.15, -0.1) is 0 Å². The van der Waals surface area contributed by atoms with Crippen molar-refractivity contribution in [2.45, 2.75) is 12.8 Å². The molecule has 2 rings (SSSR count). The summed E-state index contributed by atoms with van der Waals surface area (Å²) in [5.74, 6) is 0.229. The molecule has 2 N–H and O–H groups in total. The summed E-state index contributed by atoms with van der Waals surface area (Å²) in [6, 6.07) is 4.90. The predicted molar refractivity (Wildman–Crippen MR) is 72.8 cm³/mol. The van der Waals surface area contributed by atoms with E-state index >= 15 is 0 Å². The maximum absolute atomic E-state index is 12.2. The molecule has 20 heavy (non-hydrogen) atoms. The molecule has 6 nitrogen and oxygen atoms in total. The molecule has 0 unspecified atom stereocenters. The number of nitrogens with two attached hydrogens (primary N) is 1. The van der Waals surface area contributed by atoms with Crippen molar-refractivity contribution in [3.05, 3.63) is 23.8 Å². The second-order valence-electron chi connectivity index (χ2n) is 4.62. The molecule has 1 aromatic carbocycles. The Kier molecular flexibility index (Phi) is 4.45. The van der Waals surface area contributed by atoms with Crippen LogP contribution >= 0.6 is 0 Å². The van der Waals surface area contributed by atoms with Gasteiger partial charge in [-0.2, -0.15) is 0 Å². The van der Waals surface area contributed by atoms with E-state index in [-0.39, 0.29) is 12.5 Å². The molecule has 0 atom stereocenters. The average molecular weight is 278 g/mol. The quantitative estimate of drug-likeness (QED) is 0.863. The van der Waals surface area contributed by atoms with Gasteiger partial charge in [0, 0.05) is 18.7 Å². The normalized spacial score (nSPS) is 14.2. The minimum absolute atomic E-state index is 0.0118. The lowest BCUT2D eigenvalue weighted by Gasteiger charge is -2.16. The molecule has 1 aliphatic rings. The van der Waals surface area contributed by atoms with Crippen molar-refractivity contribution in [2.24, 2.45) is 5.73 Å². The van der Waals surface area contributed by atoms with E-state index in [2.05, 4.69) is 0 Å². The Labute approximate surface area is 117 Å². The van der Waals surface area contributed by atoms with Crippen molar-refractivity contribution in [3.63, 3.8) is 0 Å². The van der Waals surface area contributed by atoms with Gasteiger partial charge in [0.1, 0.15) is 0 Å². The first-order valence-corrected chi connectivity index (χ1v) is 6.50. The zero-order valence-electron chi connectivity index (χ0n) is 11.4. The molecule has 0 radical (unpaired) electrons. The fourth-order valence-corrected chi connectivity index (χ4v) is 2.17. The van der Waals surface area contributed by atoms with Gasteiger partial charge >= 0.3 is 0 Å². The third-order valence-corrected chi connectivity index (χ3v) is 3.17. The maximum Gasteiger partial charge on any atom is 0.255 e. The van der Waals surface area contributed by atoms with Gasteiger partial charge in [0.05, 0.1) is 7.11 Å². The number of rotatable bonds is 5. The number of benzene rings is 1. The highest BCUT2D eigenvalue weighted by atomic mass is 16.5. The molecule has 2 amide bonds. The summed E-state index contributed by atoms with van der Waals surface area (Å²) in [7, 11) is 1.48. The first-order chi connectivity index (χ1) is 9.61. The Hall–Kier alpha value is -2.24. The Morgan fingerprint density at radius 3 is 2.55 bits per heavy atom. The number of nitrogens with zero attached hydrogens (tertiary/aromatic N) is 1. The number of methoxy groups -OCH3 is 1. The molecule has 0 aromatic heterocycles. The van der Waals surface area contributed by atoms with Crippen molar-refractivity contribution in [2.75, 3.05) is 26.8 Å². The van der Waals surface area contributed by atoms with Gasteiger partial charge in [-0.1, -0.05) is 0 Å². The molecule has 0 saturated carbocycles. The summed E-state index contributed by atoms with van der Waals surface area (Å²) in [6.45, 7) is 1.36. The Balaban J connectivity index is 2.15. The Bertz CT molecular complexity index is 510. The van der Waals surface area contributed by atoms with Crippen LogP contribution < -0.4 is 15.2 Å². The summed E-state index contributed by atoms with van der Waals surface area (Å²) in [5, 5.41) is 0. The lowest BCUT2D eigenvalue weighted by atomic mass is 10.1. The molecular weight excluding hydrogens is 260 g/mol. The minimum atomic E-state index is -0.565. The number of hydrogen-bond donors (Lipinski definition) is 1. The standard InChI is InChI=1S/C14H18N2O4/c1-19-12-8-10(14(18)16-6-2-3-7-16)4-5-11(12)20-9-13(15)17/h4-5,8H,2-3,6-7,9H2,1H3,(H2,15,17). The van der Waals surface area contributed by atoms with Crippen LogP contribution in [-0.4, -0.2) is 43.5 Å². The van der Waals surface area contributed by atoms with E-state index in [0.717, 1.165) is 25.9 Å². The van der Waals surface area contributed by atoms with Gasteiger partial charge in [-0.05, 0) is 31.0 Å².